The molecule has 0 spiro atoms. The predicted octanol–water partition coefficient (Wildman–Crippen LogP) is 5.51. The molecule has 1 unspecified atom stereocenters. The van der Waals surface area contributed by atoms with Crippen LogP contribution in [0.25, 0.3) is 0 Å². The third kappa shape index (κ3) is 12.1. The molecule has 0 rings (SSSR count). The maximum Gasteiger partial charge on any atom is 0.0967 e. The lowest BCUT2D eigenvalue weighted by Crippen LogP contribution is -2.12. The van der Waals surface area contributed by atoms with Crippen molar-refractivity contribution in [3.05, 3.63) is 0 Å². The molecule has 0 aromatic heterocycles. The van der Waals surface area contributed by atoms with E-state index in [4.69, 9.17) is 5.26 Å². The summed E-state index contributed by atoms with van der Waals surface area (Å²) in [4.78, 5) is 0. The summed E-state index contributed by atoms with van der Waals surface area (Å²) in [5.74, 6) is 0. The number of hydrogen-bond acceptors (Lipinski definition) is 2. The number of hydrogen-bond donors (Lipinski definition) is 1. The Hall–Kier alpha value is -0.160. The Bertz CT molecular complexity index is 205. The lowest BCUT2D eigenvalue weighted by molar-refractivity contribution is 0.540. The average Bonchev–Trinajstić information content (AvgIpc) is 2.31. The Morgan fingerprint density at radius 1 is 0.882 bits per heavy atom. The molecule has 0 saturated heterocycles. The fourth-order valence-electron chi connectivity index (χ4n) is 2.01. The van der Waals surface area contributed by atoms with Crippen molar-refractivity contribution in [2.75, 3.05) is 0 Å². The normalized spacial score (nSPS) is 14.2. The van der Waals surface area contributed by atoms with E-state index in [1.165, 1.54) is 57.8 Å². The summed E-state index contributed by atoms with van der Waals surface area (Å²) in [5.41, 5.74) is 0. The minimum atomic E-state index is -0.417. The topological polar surface area (TPSA) is 23.8 Å². The van der Waals surface area contributed by atoms with Gasteiger partial charge in [0.25, 0.3) is 0 Å². The van der Waals surface area contributed by atoms with Gasteiger partial charge >= 0.3 is 0 Å². The van der Waals surface area contributed by atoms with Gasteiger partial charge in [0.05, 0.1) is 10.8 Å². The molecule has 0 saturated carbocycles. The number of nitrogens with zero attached hydrogens (tertiary/aromatic N) is 1. The van der Waals surface area contributed by atoms with Gasteiger partial charge < -0.3 is 0 Å². The van der Waals surface area contributed by atoms with E-state index in [1.54, 1.807) is 0 Å². The van der Waals surface area contributed by atoms with Gasteiger partial charge in [0.15, 0.2) is 0 Å². The second-order valence-corrected chi connectivity index (χ2v) is 6.30. The van der Waals surface area contributed by atoms with Gasteiger partial charge in [-0.2, -0.15) is 17.9 Å². The SMILES string of the molecule is CCCCCCCCCCCCC(C)(S)C#N. The van der Waals surface area contributed by atoms with E-state index >= 15 is 0 Å². The van der Waals surface area contributed by atoms with Crippen LogP contribution in [0.1, 0.15) is 84.5 Å². The molecule has 17 heavy (non-hydrogen) atoms. The molecule has 0 aromatic rings. The van der Waals surface area contributed by atoms with Crippen LogP contribution < -0.4 is 0 Å². The van der Waals surface area contributed by atoms with Gasteiger partial charge in [-0.15, -0.1) is 0 Å². The Balaban J connectivity index is 3.12. The first-order chi connectivity index (χ1) is 8.12. The minimum Gasteiger partial charge on any atom is -0.197 e. The van der Waals surface area contributed by atoms with Gasteiger partial charge in [0, 0.05) is 0 Å². The first kappa shape index (κ1) is 16.8. The average molecular weight is 255 g/mol. The largest absolute Gasteiger partial charge is 0.197 e. The fourth-order valence-corrected chi connectivity index (χ4v) is 2.17. The smallest absolute Gasteiger partial charge is 0.0967 e. The molecule has 1 atom stereocenters. The molecule has 0 radical (unpaired) electrons. The van der Waals surface area contributed by atoms with Crippen LogP contribution in [0, 0.1) is 11.3 Å². The predicted molar refractivity (Wildman–Crippen MR) is 79.5 cm³/mol. The third-order valence-electron chi connectivity index (χ3n) is 3.26. The third-order valence-corrected chi connectivity index (χ3v) is 3.58. The first-order valence-electron chi connectivity index (χ1n) is 7.26. The van der Waals surface area contributed by atoms with Crippen molar-refractivity contribution < 1.29 is 0 Å². The van der Waals surface area contributed by atoms with Crippen LogP contribution in [0.4, 0.5) is 0 Å². The summed E-state index contributed by atoms with van der Waals surface area (Å²) >= 11 is 4.32. The molecule has 0 aliphatic carbocycles. The molecule has 0 aromatic carbocycles. The molecule has 1 nitrogen and oxygen atoms in total. The standard InChI is InChI=1S/C15H29NS/c1-3-4-5-6-7-8-9-10-11-12-13-15(2,17)14-16/h17H,3-13H2,1-2H3. The summed E-state index contributed by atoms with van der Waals surface area (Å²) in [7, 11) is 0. The first-order valence-corrected chi connectivity index (χ1v) is 7.71. The van der Waals surface area contributed by atoms with Crippen LogP contribution in [0.3, 0.4) is 0 Å². The Labute approximate surface area is 113 Å². The number of nitriles is 1. The maximum atomic E-state index is 8.81. The minimum absolute atomic E-state index is 0.417. The molecule has 0 aliphatic heterocycles. The van der Waals surface area contributed by atoms with Gasteiger partial charge in [-0.3, -0.25) is 0 Å². The molecule has 0 bridgehead atoms. The van der Waals surface area contributed by atoms with E-state index in [0.29, 0.717) is 0 Å². The van der Waals surface area contributed by atoms with Gasteiger partial charge in [-0.1, -0.05) is 71.1 Å². The van der Waals surface area contributed by atoms with Crippen LogP contribution in [-0.2, 0) is 0 Å². The van der Waals surface area contributed by atoms with Crippen LogP contribution in [-0.4, -0.2) is 4.75 Å². The molecular formula is C15H29NS. The van der Waals surface area contributed by atoms with Crippen molar-refractivity contribution in [1.82, 2.24) is 0 Å². The van der Waals surface area contributed by atoms with E-state index in [-0.39, 0.29) is 0 Å². The van der Waals surface area contributed by atoms with E-state index < -0.39 is 4.75 Å². The molecule has 0 amide bonds. The van der Waals surface area contributed by atoms with Gasteiger partial charge in [0.1, 0.15) is 0 Å². The van der Waals surface area contributed by atoms with Gasteiger partial charge in [-0.05, 0) is 13.3 Å². The highest BCUT2D eigenvalue weighted by Crippen LogP contribution is 2.21. The maximum absolute atomic E-state index is 8.81. The molecule has 0 fully saturated rings. The van der Waals surface area contributed by atoms with E-state index in [0.717, 1.165) is 12.8 Å². The molecule has 0 aliphatic rings. The Kier molecular flexibility index (Phi) is 10.9. The number of unbranched alkanes of at least 4 members (excludes halogenated alkanes) is 9. The Morgan fingerprint density at radius 3 is 1.71 bits per heavy atom. The number of thiol groups is 1. The molecule has 100 valence electrons. The van der Waals surface area contributed by atoms with Crippen LogP contribution in [0.2, 0.25) is 0 Å². The van der Waals surface area contributed by atoms with E-state index in [1.807, 2.05) is 6.92 Å². The van der Waals surface area contributed by atoms with E-state index in [9.17, 15) is 0 Å². The van der Waals surface area contributed by atoms with Crippen molar-refractivity contribution in [1.29, 1.82) is 5.26 Å². The summed E-state index contributed by atoms with van der Waals surface area (Å²) in [6.07, 6.45) is 14.4. The van der Waals surface area contributed by atoms with Crippen molar-refractivity contribution in [3.8, 4) is 6.07 Å². The van der Waals surface area contributed by atoms with Crippen LogP contribution in [0.15, 0.2) is 0 Å². The van der Waals surface area contributed by atoms with Gasteiger partial charge in [0.2, 0.25) is 0 Å². The van der Waals surface area contributed by atoms with Crippen LogP contribution in [0.5, 0.6) is 0 Å². The highest BCUT2D eigenvalue weighted by Gasteiger charge is 2.16. The molecule has 0 heterocycles. The zero-order valence-corrected chi connectivity index (χ0v) is 12.6. The summed E-state index contributed by atoms with van der Waals surface area (Å²) in [6, 6.07) is 2.24. The lowest BCUT2D eigenvalue weighted by atomic mass is 10.0. The molecule has 0 N–H and O–H groups in total. The Morgan fingerprint density at radius 2 is 1.29 bits per heavy atom. The van der Waals surface area contributed by atoms with Crippen molar-refractivity contribution >= 4 is 12.6 Å². The molecule has 2 heteroatoms. The van der Waals surface area contributed by atoms with Crippen molar-refractivity contribution in [2.45, 2.75) is 89.2 Å². The quantitative estimate of drug-likeness (QED) is 0.382. The second-order valence-electron chi connectivity index (χ2n) is 5.32. The second kappa shape index (κ2) is 11.0. The summed E-state index contributed by atoms with van der Waals surface area (Å²) in [6.45, 7) is 4.17. The lowest BCUT2D eigenvalue weighted by Gasteiger charge is -2.13. The monoisotopic (exact) mass is 255 g/mol. The highest BCUT2D eigenvalue weighted by atomic mass is 32.1. The fraction of sp³-hybridized carbons (Fsp3) is 0.933. The van der Waals surface area contributed by atoms with E-state index in [2.05, 4.69) is 25.6 Å². The van der Waals surface area contributed by atoms with Crippen molar-refractivity contribution in [3.63, 3.8) is 0 Å². The highest BCUT2D eigenvalue weighted by molar-refractivity contribution is 7.82. The van der Waals surface area contributed by atoms with Gasteiger partial charge in [-0.25, -0.2) is 0 Å². The zero-order valence-electron chi connectivity index (χ0n) is 11.7. The van der Waals surface area contributed by atoms with Crippen molar-refractivity contribution in [2.24, 2.45) is 0 Å². The van der Waals surface area contributed by atoms with Crippen LogP contribution >= 0.6 is 12.6 Å². The summed E-state index contributed by atoms with van der Waals surface area (Å²) in [5, 5.41) is 8.81. The molecular weight excluding hydrogens is 226 g/mol. The zero-order chi connectivity index (χ0) is 13.0. The number of rotatable bonds is 11. The summed E-state index contributed by atoms with van der Waals surface area (Å²) < 4.78 is -0.417.